The fourth-order valence-corrected chi connectivity index (χ4v) is 2.20. The number of rotatable bonds is 7. The van der Waals surface area contributed by atoms with E-state index < -0.39 is 0 Å². The first-order valence-corrected chi connectivity index (χ1v) is 6.46. The van der Waals surface area contributed by atoms with Gasteiger partial charge in [-0.05, 0) is 37.9 Å². The number of nitrogens with one attached hydrogen (secondary N) is 1. The predicted molar refractivity (Wildman–Crippen MR) is 71.8 cm³/mol. The van der Waals surface area contributed by atoms with E-state index in [1.54, 1.807) is 7.11 Å². The lowest BCUT2D eigenvalue weighted by Crippen LogP contribution is -2.28. The molecule has 1 N–H and O–H groups in total. The van der Waals surface area contributed by atoms with E-state index in [4.69, 9.17) is 4.74 Å². The lowest BCUT2D eigenvalue weighted by atomic mass is 10.0. The van der Waals surface area contributed by atoms with Crippen molar-refractivity contribution in [3.8, 4) is 0 Å². The maximum Gasteiger partial charge on any atom is 0.0462 e. The normalized spacial score (nSPS) is 12.7. The van der Waals surface area contributed by atoms with Crippen LogP contribution in [-0.4, -0.2) is 26.8 Å². The Bertz CT molecular complexity index is 304. The maximum atomic E-state index is 5.07. The molecule has 16 heavy (non-hydrogen) atoms. The molecule has 0 fully saturated rings. The largest absolute Gasteiger partial charge is 0.385 e. The van der Waals surface area contributed by atoms with Crippen molar-refractivity contribution in [1.29, 1.82) is 0 Å². The molecule has 0 saturated heterocycles. The number of ether oxygens (including phenoxy) is 1. The standard InChI is InChI=1S/C13H20BrNO/c1-15-12(7-5-9-16-2)10-11-6-3-4-8-13(11)14/h3-4,6,8,12,15H,5,7,9-10H2,1-2H3. The van der Waals surface area contributed by atoms with Crippen molar-refractivity contribution in [3.63, 3.8) is 0 Å². The Morgan fingerprint density at radius 3 is 2.75 bits per heavy atom. The Kier molecular flexibility index (Phi) is 6.69. The molecule has 2 nitrogen and oxygen atoms in total. The molecule has 0 bridgehead atoms. The molecule has 1 atom stereocenters. The van der Waals surface area contributed by atoms with Crippen molar-refractivity contribution in [1.82, 2.24) is 5.32 Å². The highest BCUT2D eigenvalue weighted by Crippen LogP contribution is 2.18. The zero-order chi connectivity index (χ0) is 11.8. The first kappa shape index (κ1) is 13.7. The molecular formula is C13H20BrNO. The summed E-state index contributed by atoms with van der Waals surface area (Å²) in [4.78, 5) is 0. The van der Waals surface area contributed by atoms with Gasteiger partial charge in [0.2, 0.25) is 0 Å². The molecule has 0 spiro atoms. The van der Waals surface area contributed by atoms with Crippen molar-refractivity contribution < 1.29 is 4.74 Å². The molecule has 1 unspecified atom stereocenters. The van der Waals surface area contributed by atoms with E-state index in [-0.39, 0.29) is 0 Å². The Labute approximate surface area is 107 Å². The number of methoxy groups -OCH3 is 1. The first-order chi connectivity index (χ1) is 7.77. The zero-order valence-corrected chi connectivity index (χ0v) is 11.6. The van der Waals surface area contributed by atoms with Gasteiger partial charge in [0.25, 0.3) is 0 Å². The van der Waals surface area contributed by atoms with Gasteiger partial charge in [0.15, 0.2) is 0 Å². The predicted octanol–water partition coefficient (Wildman–Crippen LogP) is 3.01. The van der Waals surface area contributed by atoms with Crippen LogP contribution >= 0.6 is 15.9 Å². The lowest BCUT2D eigenvalue weighted by molar-refractivity contribution is 0.189. The number of likely N-dealkylation sites (N-methyl/N-ethyl adjacent to an activating group) is 1. The van der Waals surface area contributed by atoms with Gasteiger partial charge < -0.3 is 10.1 Å². The van der Waals surface area contributed by atoms with Gasteiger partial charge in [-0.25, -0.2) is 0 Å². The van der Waals surface area contributed by atoms with Gasteiger partial charge >= 0.3 is 0 Å². The molecule has 0 amide bonds. The summed E-state index contributed by atoms with van der Waals surface area (Å²) in [5, 5.41) is 3.36. The van der Waals surface area contributed by atoms with Crippen LogP contribution in [0.5, 0.6) is 0 Å². The lowest BCUT2D eigenvalue weighted by Gasteiger charge is -2.16. The van der Waals surface area contributed by atoms with Crippen molar-refractivity contribution in [2.24, 2.45) is 0 Å². The summed E-state index contributed by atoms with van der Waals surface area (Å²) < 4.78 is 6.27. The number of halogens is 1. The third kappa shape index (κ3) is 4.64. The van der Waals surface area contributed by atoms with Crippen LogP contribution in [0.1, 0.15) is 18.4 Å². The highest BCUT2D eigenvalue weighted by Gasteiger charge is 2.08. The van der Waals surface area contributed by atoms with Crippen LogP contribution in [0, 0.1) is 0 Å². The Morgan fingerprint density at radius 1 is 1.38 bits per heavy atom. The van der Waals surface area contributed by atoms with Crippen LogP contribution in [0.3, 0.4) is 0 Å². The molecule has 0 aliphatic heterocycles. The molecule has 1 rings (SSSR count). The molecule has 0 aliphatic rings. The average Bonchev–Trinajstić information content (AvgIpc) is 2.30. The van der Waals surface area contributed by atoms with Gasteiger partial charge in [-0.2, -0.15) is 0 Å². The second-order valence-corrected chi connectivity index (χ2v) is 4.77. The van der Waals surface area contributed by atoms with Crippen LogP contribution < -0.4 is 5.32 Å². The van der Waals surface area contributed by atoms with E-state index in [0.29, 0.717) is 6.04 Å². The SMILES string of the molecule is CNC(CCCOC)Cc1ccccc1Br. The first-order valence-electron chi connectivity index (χ1n) is 5.67. The zero-order valence-electron chi connectivity index (χ0n) is 10.0. The van der Waals surface area contributed by atoms with Crippen LogP contribution in [0.25, 0.3) is 0 Å². The van der Waals surface area contributed by atoms with Gasteiger partial charge in [-0.1, -0.05) is 34.1 Å². The smallest absolute Gasteiger partial charge is 0.0462 e. The van der Waals surface area contributed by atoms with Crippen molar-refractivity contribution in [3.05, 3.63) is 34.3 Å². The van der Waals surface area contributed by atoms with Crippen molar-refractivity contribution >= 4 is 15.9 Å². The minimum atomic E-state index is 0.522. The van der Waals surface area contributed by atoms with E-state index in [9.17, 15) is 0 Å². The number of hydrogen-bond acceptors (Lipinski definition) is 2. The molecule has 1 aromatic carbocycles. The van der Waals surface area contributed by atoms with E-state index in [1.807, 2.05) is 13.1 Å². The Morgan fingerprint density at radius 2 is 2.12 bits per heavy atom. The van der Waals surface area contributed by atoms with E-state index in [0.717, 1.165) is 25.9 Å². The molecule has 0 radical (unpaired) electrons. The third-order valence-electron chi connectivity index (χ3n) is 2.73. The molecule has 0 saturated carbocycles. The minimum Gasteiger partial charge on any atom is -0.385 e. The topological polar surface area (TPSA) is 21.3 Å². The highest BCUT2D eigenvalue weighted by atomic mass is 79.9. The van der Waals surface area contributed by atoms with Crippen LogP contribution in [0.15, 0.2) is 28.7 Å². The van der Waals surface area contributed by atoms with Crippen molar-refractivity contribution in [2.45, 2.75) is 25.3 Å². The number of benzene rings is 1. The molecule has 1 aromatic rings. The monoisotopic (exact) mass is 285 g/mol. The van der Waals surface area contributed by atoms with Gasteiger partial charge in [0.1, 0.15) is 0 Å². The molecule has 0 aliphatic carbocycles. The Balaban J connectivity index is 2.46. The summed E-state index contributed by atoms with van der Waals surface area (Å²) in [5.74, 6) is 0. The highest BCUT2D eigenvalue weighted by molar-refractivity contribution is 9.10. The summed E-state index contributed by atoms with van der Waals surface area (Å²) in [6.07, 6.45) is 3.31. The summed E-state index contributed by atoms with van der Waals surface area (Å²) in [6.45, 7) is 0.841. The molecule has 90 valence electrons. The van der Waals surface area contributed by atoms with Gasteiger partial charge in [0.05, 0.1) is 0 Å². The summed E-state index contributed by atoms with van der Waals surface area (Å²) in [5.41, 5.74) is 1.36. The van der Waals surface area contributed by atoms with Gasteiger partial charge in [-0.3, -0.25) is 0 Å². The molecule has 3 heteroatoms. The molecule has 0 heterocycles. The van der Waals surface area contributed by atoms with Crippen LogP contribution in [0.2, 0.25) is 0 Å². The second kappa shape index (κ2) is 7.82. The fourth-order valence-electron chi connectivity index (χ4n) is 1.75. The van der Waals surface area contributed by atoms with Crippen LogP contribution in [0.4, 0.5) is 0 Å². The average molecular weight is 286 g/mol. The van der Waals surface area contributed by atoms with Crippen LogP contribution in [-0.2, 0) is 11.2 Å². The molecular weight excluding hydrogens is 266 g/mol. The van der Waals surface area contributed by atoms with Crippen molar-refractivity contribution in [2.75, 3.05) is 20.8 Å². The van der Waals surface area contributed by atoms with Gasteiger partial charge in [-0.15, -0.1) is 0 Å². The number of hydrogen-bond donors (Lipinski definition) is 1. The fraction of sp³-hybridized carbons (Fsp3) is 0.538. The van der Waals surface area contributed by atoms with E-state index in [1.165, 1.54) is 10.0 Å². The maximum absolute atomic E-state index is 5.07. The minimum absolute atomic E-state index is 0.522. The third-order valence-corrected chi connectivity index (χ3v) is 3.51. The quantitative estimate of drug-likeness (QED) is 0.778. The van der Waals surface area contributed by atoms with E-state index in [2.05, 4.69) is 39.4 Å². The summed E-state index contributed by atoms with van der Waals surface area (Å²) in [7, 11) is 3.77. The summed E-state index contributed by atoms with van der Waals surface area (Å²) >= 11 is 3.58. The van der Waals surface area contributed by atoms with Gasteiger partial charge in [0, 0.05) is 24.2 Å². The Hall–Kier alpha value is -0.380. The molecule has 0 aromatic heterocycles. The van der Waals surface area contributed by atoms with E-state index >= 15 is 0 Å². The second-order valence-electron chi connectivity index (χ2n) is 3.92. The summed E-state index contributed by atoms with van der Waals surface area (Å²) in [6, 6.07) is 8.92.